The van der Waals surface area contributed by atoms with Crippen molar-refractivity contribution in [1.29, 1.82) is 0 Å². The van der Waals surface area contributed by atoms with E-state index >= 15 is 0 Å². The van der Waals surface area contributed by atoms with Crippen LogP contribution in [0.3, 0.4) is 0 Å². The van der Waals surface area contributed by atoms with Crippen molar-refractivity contribution >= 4 is 17.2 Å². The minimum absolute atomic E-state index is 0.0821. The Hall–Kier alpha value is -1.76. The van der Waals surface area contributed by atoms with Crippen LogP contribution in [0.1, 0.15) is 27.5 Å². The molecule has 1 unspecified atom stereocenters. The number of hydrogen-bond donors (Lipinski definition) is 1. The van der Waals surface area contributed by atoms with Crippen molar-refractivity contribution in [3.05, 3.63) is 52.0 Å². The van der Waals surface area contributed by atoms with E-state index < -0.39 is 0 Å². The highest BCUT2D eigenvalue weighted by Gasteiger charge is 2.23. The van der Waals surface area contributed by atoms with Gasteiger partial charge >= 0.3 is 0 Å². The van der Waals surface area contributed by atoms with Gasteiger partial charge in [0.15, 0.2) is 0 Å². The summed E-state index contributed by atoms with van der Waals surface area (Å²) in [5.41, 5.74) is 1.88. The number of nitrogens with zero attached hydrogens (tertiary/aromatic N) is 2. The molecule has 0 saturated carbocycles. The second-order valence-electron chi connectivity index (χ2n) is 6.46. The normalized spacial score (nSPS) is 17.7. The summed E-state index contributed by atoms with van der Waals surface area (Å²) < 4.78 is 5.04. The van der Waals surface area contributed by atoms with Crippen molar-refractivity contribution in [3.63, 3.8) is 0 Å². The van der Waals surface area contributed by atoms with Crippen LogP contribution in [-0.2, 0) is 17.8 Å². The first-order valence-electron chi connectivity index (χ1n) is 8.72. The van der Waals surface area contributed by atoms with Crippen LogP contribution < -0.4 is 5.32 Å². The molecule has 1 saturated heterocycles. The van der Waals surface area contributed by atoms with Crippen LogP contribution in [-0.4, -0.2) is 49.1 Å². The van der Waals surface area contributed by atoms with E-state index in [0.29, 0.717) is 18.2 Å². The maximum atomic E-state index is 12.2. The molecule has 1 amide bonds. The summed E-state index contributed by atoms with van der Waals surface area (Å²) in [6.07, 6.45) is 2.22. The molecule has 0 spiro atoms. The molecule has 3 rings (SSSR count). The van der Waals surface area contributed by atoms with Gasteiger partial charge in [-0.2, -0.15) is 0 Å². The topological polar surface area (TPSA) is 54.5 Å². The Bertz CT molecular complexity index is 674. The third-order valence-electron chi connectivity index (χ3n) is 4.53. The number of benzene rings is 1. The number of hydrogen-bond acceptors (Lipinski definition) is 5. The molecule has 1 aliphatic rings. The van der Waals surface area contributed by atoms with Gasteiger partial charge in [0.2, 0.25) is 0 Å². The predicted molar refractivity (Wildman–Crippen MR) is 99.9 cm³/mol. The minimum Gasteiger partial charge on any atom is -0.378 e. The molecule has 2 aromatic rings. The second-order valence-corrected chi connectivity index (χ2v) is 7.40. The van der Waals surface area contributed by atoms with Crippen LogP contribution in [0.4, 0.5) is 0 Å². The van der Waals surface area contributed by atoms with Gasteiger partial charge in [0.05, 0.1) is 6.61 Å². The van der Waals surface area contributed by atoms with Crippen molar-refractivity contribution in [2.75, 3.05) is 33.3 Å². The second kappa shape index (κ2) is 9.08. The van der Waals surface area contributed by atoms with E-state index in [1.165, 1.54) is 16.9 Å². The van der Waals surface area contributed by atoms with Crippen LogP contribution in [0.15, 0.2) is 35.7 Å². The van der Waals surface area contributed by atoms with E-state index in [-0.39, 0.29) is 5.91 Å². The molecule has 1 fully saturated rings. The van der Waals surface area contributed by atoms with Gasteiger partial charge in [0.1, 0.15) is 10.7 Å². The van der Waals surface area contributed by atoms with Gasteiger partial charge in [-0.3, -0.25) is 4.79 Å². The SMILES string of the molecule is COCc1nc(C(=O)NCC2CCN(CCc3ccccc3)C2)cs1. The van der Waals surface area contributed by atoms with Gasteiger partial charge in [-0.15, -0.1) is 11.3 Å². The van der Waals surface area contributed by atoms with Crippen LogP contribution in [0.5, 0.6) is 0 Å². The van der Waals surface area contributed by atoms with Crippen LogP contribution in [0.25, 0.3) is 0 Å². The third kappa shape index (κ3) is 5.36. The Morgan fingerprint density at radius 2 is 2.24 bits per heavy atom. The highest BCUT2D eigenvalue weighted by molar-refractivity contribution is 7.09. The lowest BCUT2D eigenvalue weighted by molar-refractivity contribution is 0.0942. The smallest absolute Gasteiger partial charge is 0.270 e. The van der Waals surface area contributed by atoms with E-state index in [9.17, 15) is 4.79 Å². The number of carbonyl (C=O) groups excluding carboxylic acids is 1. The fourth-order valence-corrected chi connectivity index (χ4v) is 3.89. The number of methoxy groups -OCH3 is 1. The standard InChI is InChI=1S/C19H25N3O2S/c1-24-13-18-21-17(14-25-18)19(23)20-11-16-8-10-22(12-16)9-7-15-5-3-2-4-6-15/h2-6,14,16H,7-13H2,1H3,(H,20,23). The summed E-state index contributed by atoms with van der Waals surface area (Å²) in [7, 11) is 1.63. The number of amides is 1. The van der Waals surface area contributed by atoms with Gasteiger partial charge < -0.3 is 15.0 Å². The zero-order valence-corrected chi connectivity index (χ0v) is 15.4. The zero-order valence-electron chi connectivity index (χ0n) is 14.6. The number of rotatable bonds is 8. The molecule has 6 heteroatoms. The summed E-state index contributed by atoms with van der Waals surface area (Å²) in [5.74, 6) is 0.443. The van der Waals surface area contributed by atoms with Crippen molar-refractivity contribution in [2.24, 2.45) is 5.92 Å². The first-order chi connectivity index (χ1) is 12.2. The lowest BCUT2D eigenvalue weighted by Gasteiger charge is -2.16. The van der Waals surface area contributed by atoms with Gasteiger partial charge in [-0.1, -0.05) is 30.3 Å². The van der Waals surface area contributed by atoms with Gasteiger partial charge in [0.25, 0.3) is 5.91 Å². The molecule has 5 nitrogen and oxygen atoms in total. The number of aromatic nitrogens is 1. The Labute approximate surface area is 153 Å². The highest BCUT2D eigenvalue weighted by atomic mass is 32.1. The van der Waals surface area contributed by atoms with E-state index in [2.05, 4.69) is 45.5 Å². The van der Waals surface area contributed by atoms with Gasteiger partial charge in [-0.25, -0.2) is 4.98 Å². The lowest BCUT2D eigenvalue weighted by Crippen LogP contribution is -2.31. The van der Waals surface area contributed by atoms with E-state index in [0.717, 1.165) is 44.0 Å². The predicted octanol–water partition coefficient (Wildman–Crippen LogP) is 2.58. The summed E-state index contributed by atoms with van der Waals surface area (Å²) in [4.78, 5) is 19.0. The lowest BCUT2D eigenvalue weighted by atomic mass is 10.1. The Morgan fingerprint density at radius 3 is 3.04 bits per heavy atom. The molecule has 0 radical (unpaired) electrons. The number of carbonyl (C=O) groups is 1. The summed E-state index contributed by atoms with van der Waals surface area (Å²) >= 11 is 1.46. The molecular weight excluding hydrogens is 334 g/mol. The molecule has 0 bridgehead atoms. The monoisotopic (exact) mass is 359 g/mol. The first-order valence-corrected chi connectivity index (χ1v) is 9.60. The molecule has 25 heavy (non-hydrogen) atoms. The minimum atomic E-state index is -0.0821. The molecule has 1 aromatic carbocycles. The van der Waals surface area contributed by atoms with Crippen molar-refractivity contribution < 1.29 is 9.53 Å². The van der Waals surface area contributed by atoms with Gasteiger partial charge in [0, 0.05) is 32.1 Å². The molecule has 0 aliphatic carbocycles. The van der Waals surface area contributed by atoms with E-state index in [1.807, 2.05) is 0 Å². The number of ether oxygens (including phenoxy) is 1. The largest absolute Gasteiger partial charge is 0.378 e. The van der Waals surface area contributed by atoms with E-state index in [1.54, 1.807) is 12.5 Å². The van der Waals surface area contributed by atoms with Gasteiger partial charge in [-0.05, 0) is 30.9 Å². The zero-order chi connectivity index (χ0) is 17.5. The third-order valence-corrected chi connectivity index (χ3v) is 5.36. The molecule has 2 heterocycles. The van der Waals surface area contributed by atoms with Crippen LogP contribution >= 0.6 is 11.3 Å². The average molecular weight is 359 g/mol. The number of nitrogens with one attached hydrogen (secondary N) is 1. The maximum absolute atomic E-state index is 12.2. The molecule has 1 N–H and O–H groups in total. The van der Waals surface area contributed by atoms with Crippen molar-refractivity contribution in [3.8, 4) is 0 Å². The molecule has 1 atom stereocenters. The fraction of sp³-hybridized carbons (Fsp3) is 0.474. The highest BCUT2D eigenvalue weighted by Crippen LogP contribution is 2.16. The van der Waals surface area contributed by atoms with Crippen LogP contribution in [0, 0.1) is 5.92 Å². The molecule has 1 aliphatic heterocycles. The van der Waals surface area contributed by atoms with Crippen molar-refractivity contribution in [1.82, 2.24) is 15.2 Å². The maximum Gasteiger partial charge on any atom is 0.270 e. The molecule has 134 valence electrons. The Kier molecular flexibility index (Phi) is 6.55. The Morgan fingerprint density at radius 1 is 1.40 bits per heavy atom. The molecule has 1 aromatic heterocycles. The number of likely N-dealkylation sites (tertiary alicyclic amines) is 1. The fourth-order valence-electron chi connectivity index (χ4n) is 3.15. The van der Waals surface area contributed by atoms with Crippen LogP contribution in [0.2, 0.25) is 0 Å². The summed E-state index contributed by atoms with van der Waals surface area (Å²) in [6.45, 7) is 4.43. The summed E-state index contributed by atoms with van der Waals surface area (Å²) in [5, 5.41) is 5.66. The van der Waals surface area contributed by atoms with Crippen molar-refractivity contribution in [2.45, 2.75) is 19.4 Å². The number of thiazole rings is 1. The summed E-state index contributed by atoms with van der Waals surface area (Å²) in [6, 6.07) is 10.6. The Balaban J connectivity index is 1.38. The first kappa shape index (κ1) is 18.0. The van der Waals surface area contributed by atoms with E-state index in [4.69, 9.17) is 4.74 Å². The molecular formula is C19H25N3O2S. The average Bonchev–Trinajstić information content (AvgIpc) is 3.29. The quantitative estimate of drug-likeness (QED) is 0.787.